The van der Waals surface area contributed by atoms with E-state index < -0.39 is 0 Å². The van der Waals surface area contributed by atoms with Crippen molar-refractivity contribution in [3.63, 3.8) is 0 Å². The van der Waals surface area contributed by atoms with Crippen LogP contribution in [0.25, 0.3) is 11.3 Å². The first-order chi connectivity index (χ1) is 12.7. The van der Waals surface area contributed by atoms with Crippen molar-refractivity contribution in [2.75, 3.05) is 33.5 Å². The van der Waals surface area contributed by atoms with Crippen LogP contribution < -0.4 is 15.0 Å². The molecule has 2 aliphatic rings. The number of fused-ring (bicyclic) bond motifs is 3. The van der Waals surface area contributed by atoms with E-state index in [9.17, 15) is 4.79 Å². The van der Waals surface area contributed by atoms with Crippen LogP contribution in [0.5, 0.6) is 11.5 Å². The van der Waals surface area contributed by atoms with Gasteiger partial charge in [0.05, 0.1) is 32.6 Å². The van der Waals surface area contributed by atoms with Gasteiger partial charge in [-0.3, -0.25) is 4.79 Å². The van der Waals surface area contributed by atoms with Crippen molar-refractivity contribution in [1.29, 1.82) is 0 Å². The molecule has 0 bridgehead atoms. The highest BCUT2D eigenvalue weighted by atomic mass is 16.6. The molecule has 0 spiro atoms. The van der Waals surface area contributed by atoms with E-state index in [-0.39, 0.29) is 11.7 Å². The number of rotatable bonds is 4. The van der Waals surface area contributed by atoms with Crippen LogP contribution in [0.4, 0.5) is 0 Å². The Morgan fingerprint density at radius 2 is 2.15 bits per heavy atom. The number of benzene rings is 1. The van der Waals surface area contributed by atoms with Gasteiger partial charge in [0.25, 0.3) is 5.56 Å². The maximum absolute atomic E-state index is 12.6. The van der Waals surface area contributed by atoms with Crippen molar-refractivity contribution in [3.8, 4) is 22.8 Å². The zero-order valence-corrected chi connectivity index (χ0v) is 15.1. The molecule has 3 heterocycles. The van der Waals surface area contributed by atoms with E-state index in [2.05, 4.69) is 6.07 Å². The third-order valence-corrected chi connectivity index (χ3v) is 5.00. The average molecular weight is 357 g/mol. The summed E-state index contributed by atoms with van der Waals surface area (Å²) in [5.74, 6) is 1.38. The first kappa shape index (κ1) is 17.1. The topological polar surface area (TPSA) is 58.9 Å². The number of hydrogen-bond acceptors (Lipinski definition) is 5. The third kappa shape index (κ3) is 3.10. The van der Waals surface area contributed by atoms with Crippen LogP contribution in [0.2, 0.25) is 0 Å². The highest BCUT2D eigenvalue weighted by molar-refractivity contribution is 5.72. The van der Waals surface area contributed by atoms with E-state index in [4.69, 9.17) is 18.9 Å². The number of hydrogen-bond donors (Lipinski definition) is 0. The number of nitrogens with zero attached hydrogens (tertiary/aromatic N) is 1. The summed E-state index contributed by atoms with van der Waals surface area (Å²) in [6, 6.07) is 7.60. The standard InChI is InChI=1S/C20H23NO5/c1-13-18(26-12-16-11-24-7-8-25-16)10-19(22)21-6-5-14-3-4-15(23-2)9-17(14)20(13)21/h3-4,9-10,16H,5-8,11-12H2,1-2H3/t16-/m0/s1. The van der Waals surface area contributed by atoms with Crippen LogP contribution in [0, 0.1) is 6.92 Å². The highest BCUT2D eigenvalue weighted by Gasteiger charge is 2.23. The smallest absolute Gasteiger partial charge is 0.254 e. The molecule has 2 aromatic rings. The zero-order valence-electron chi connectivity index (χ0n) is 15.1. The first-order valence-electron chi connectivity index (χ1n) is 8.91. The lowest BCUT2D eigenvalue weighted by atomic mass is 9.94. The van der Waals surface area contributed by atoms with E-state index >= 15 is 0 Å². The Hall–Kier alpha value is -2.31. The van der Waals surface area contributed by atoms with Crippen LogP contribution in [0.1, 0.15) is 11.1 Å². The summed E-state index contributed by atoms with van der Waals surface area (Å²) in [6.07, 6.45) is 0.730. The van der Waals surface area contributed by atoms with Gasteiger partial charge in [-0.25, -0.2) is 0 Å². The van der Waals surface area contributed by atoms with Gasteiger partial charge >= 0.3 is 0 Å². The molecule has 6 heteroatoms. The Morgan fingerprint density at radius 3 is 2.92 bits per heavy atom. The van der Waals surface area contributed by atoms with Crippen LogP contribution >= 0.6 is 0 Å². The minimum absolute atomic E-state index is 0.0464. The molecule has 4 rings (SSSR count). The predicted octanol–water partition coefficient (Wildman–Crippen LogP) is 2.18. The van der Waals surface area contributed by atoms with Gasteiger partial charge in [0, 0.05) is 23.7 Å². The maximum Gasteiger partial charge on any atom is 0.254 e. The first-order valence-corrected chi connectivity index (χ1v) is 8.91. The molecule has 26 heavy (non-hydrogen) atoms. The third-order valence-electron chi connectivity index (χ3n) is 5.00. The van der Waals surface area contributed by atoms with E-state index in [0.29, 0.717) is 38.7 Å². The average Bonchev–Trinajstić information content (AvgIpc) is 2.69. The molecule has 1 atom stereocenters. The summed E-state index contributed by atoms with van der Waals surface area (Å²) in [4.78, 5) is 12.6. The van der Waals surface area contributed by atoms with Gasteiger partial charge < -0.3 is 23.5 Å². The zero-order chi connectivity index (χ0) is 18.1. The minimum atomic E-state index is -0.102. The molecule has 1 aromatic carbocycles. The Morgan fingerprint density at radius 1 is 1.27 bits per heavy atom. The molecule has 138 valence electrons. The number of aryl methyl sites for hydroxylation is 1. The number of ether oxygens (including phenoxy) is 4. The van der Waals surface area contributed by atoms with E-state index in [1.807, 2.05) is 23.6 Å². The van der Waals surface area contributed by atoms with E-state index in [1.165, 1.54) is 5.56 Å². The quantitative estimate of drug-likeness (QED) is 0.839. The van der Waals surface area contributed by atoms with Gasteiger partial charge in [-0.2, -0.15) is 0 Å². The fraction of sp³-hybridized carbons (Fsp3) is 0.450. The summed E-state index contributed by atoms with van der Waals surface area (Å²) in [7, 11) is 1.65. The highest BCUT2D eigenvalue weighted by Crippen LogP contribution is 2.36. The monoisotopic (exact) mass is 357 g/mol. The molecule has 6 nitrogen and oxygen atoms in total. The molecule has 0 saturated carbocycles. The Kier molecular flexibility index (Phi) is 4.70. The summed E-state index contributed by atoms with van der Waals surface area (Å²) >= 11 is 0. The second kappa shape index (κ2) is 7.13. The number of pyridine rings is 1. The van der Waals surface area contributed by atoms with Crippen molar-refractivity contribution >= 4 is 0 Å². The SMILES string of the molecule is COc1ccc2c(c1)-c1c(C)c(OC[C@@H]3COCCO3)cc(=O)n1CC2. The normalized spacial score (nSPS) is 18.8. The van der Waals surface area contributed by atoms with Gasteiger partial charge in [0.2, 0.25) is 0 Å². The molecule has 0 N–H and O–H groups in total. The van der Waals surface area contributed by atoms with Gasteiger partial charge in [0.15, 0.2) is 0 Å². The second-order valence-electron chi connectivity index (χ2n) is 6.62. The molecule has 0 aliphatic carbocycles. The van der Waals surface area contributed by atoms with Crippen LogP contribution in [0.15, 0.2) is 29.1 Å². The number of methoxy groups -OCH3 is 1. The van der Waals surface area contributed by atoms with Crippen molar-refractivity contribution < 1.29 is 18.9 Å². The van der Waals surface area contributed by atoms with E-state index in [0.717, 1.165) is 29.0 Å². The van der Waals surface area contributed by atoms with E-state index in [1.54, 1.807) is 13.2 Å². The van der Waals surface area contributed by atoms with Crippen LogP contribution in [0.3, 0.4) is 0 Å². The van der Waals surface area contributed by atoms with Gasteiger partial charge in [0.1, 0.15) is 24.2 Å². The molecule has 1 aromatic heterocycles. The van der Waals surface area contributed by atoms with Gasteiger partial charge in [-0.05, 0) is 31.0 Å². The molecule has 0 unspecified atom stereocenters. The lowest BCUT2D eigenvalue weighted by molar-refractivity contribution is -0.101. The molecule has 1 saturated heterocycles. The molecule has 2 aliphatic heterocycles. The summed E-state index contributed by atoms with van der Waals surface area (Å²) in [6.45, 7) is 4.75. The van der Waals surface area contributed by atoms with Crippen molar-refractivity contribution in [1.82, 2.24) is 4.57 Å². The van der Waals surface area contributed by atoms with Crippen LogP contribution in [-0.4, -0.2) is 44.2 Å². The van der Waals surface area contributed by atoms with Gasteiger partial charge in [-0.1, -0.05) is 6.07 Å². The van der Waals surface area contributed by atoms with Crippen molar-refractivity contribution in [2.45, 2.75) is 26.0 Å². The predicted molar refractivity (Wildman–Crippen MR) is 97.2 cm³/mol. The summed E-state index contributed by atoms with van der Waals surface area (Å²) < 4.78 is 24.2. The Bertz CT molecular complexity index is 867. The van der Waals surface area contributed by atoms with Gasteiger partial charge in [-0.15, -0.1) is 0 Å². The summed E-state index contributed by atoms with van der Waals surface area (Å²) in [5.41, 5.74) is 4.07. The maximum atomic E-state index is 12.6. The molecule has 1 fully saturated rings. The van der Waals surface area contributed by atoms with Crippen LogP contribution in [-0.2, 0) is 22.4 Å². The molecule has 0 amide bonds. The summed E-state index contributed by atoms with van der Waals surface area (Å²) in [5, 5.41) is 0. The largest absolute Gasteiger partial charge is 0.497 e. The molecule has 0 radical (unpaired) electrons. The lowest BCUT2D eigenvalue weighted by Crippen LogP contribution is -2.34. The molecular formula is C20H23NO5. The fourth-order valence-corrected chi connectivity index (χ4v) is 3.62. The fourth-order valence-electron chi connectivity index (χ4n) is 3.62. The Labute approximate surface area is 152 Å². The molecular weight excluding hydrogens is 334 g/mol. The number of aromatic nitrogens is 1. The lowest BCUT2D eigenvalue weighted by Gasteiger charge is -2.26. The van der Waals surface area contributed by atoms with Crippen molar-refractivity contribution in [2.24, 2.45) is 0 Å². The minimum Gasteiger partial charge on any atom is -0.497 e. The van der Waals surface area contributed by atoms with Crippen molar-refractivity contribution in [3.05, 3.63) is 45.7 Å². The second-order valence-corrected chi connectivity index (χ2v) is 6.62. The Balaban J connectivity index is 1.70.